The van der Waals surface area contributed by atoms with Crippen molar-refractivity contribution in [1.82, 2.24) is 9.80 Å². The quantitative estimate of drug-likeness (QED) is 0.815. The molecule has 1 aromatic carbocycles. The third-order valence-electron chi connectivity index (χ3n) is 4.21. The van der Waals surface area contributed by atoms with Gasteiger partial charge in [0.05, 0.1) is 6.26 Å². The van der Waals surface area contributed by atoms with Gasteiger partial charge in [-0.25, -0.2) is 0 Å². The van der Waals surface area contributed by atoms with Crippen LogP contribution < -0.4 is 5.32 Å². The molecule has 3 rings (SSSR count). The van der Waals surface area contributed by atoms with Gasteiger partial charge in [0.1, 0.15) is 0 Å². The monoisotopic (exact) mass is 375 g/mol. The second-order valence-corrected chi connectivity index (χ2v) is 6.39. The lowest BCUT2D eigenvalue weighted by molar-refractivity contribution is -0.144. The molecule has 7 nitrogen and oxygen atoms in total. The molecule has 1 saturated heterocycles. The molecule has 0 spiro atoms. The molecule has 0 saturated carbocycles. The molecule has 2 heterocycles. The Morgan fingerprint density at radius 3 is 2.38 bits per heavy atom. The van der Waals surface area contributed by atoms with Crippen molar-refractivity contribution in [2.75, 3.05) is 31.5 Å². The Morgan fingerprint density at radius 1 is 1.08 bits per heavy atom. The van der Waals surface area contributed by atoms with Crippen molar-refractivity contribution in [3.8, 4) is 0 Å². The minimum atomic E-state index is -0.726. The number of benzene rings is 1. The van der Waals surface area contributed by atoms with E-state index in [0.717, 1.165) is 5.56 Å². The van der Waals surface area contributed by atoms with Crippen LogP contribution in [0.15, 0.2) is 41.0 Å². The molecule has 0 aliphatic carbocycles. The molecule has 1 aliphatic heterocycles. The number of nitrogens with one attached hydrogen (secondary N) is 1. The number of hydrogen-bond donors (Lipinski definition) is 1. The molecule has 0 atom stereocenters. The van der Waals surface area contributed by atoms with E-state index in [1.165, 1.54) is 11.2 Å². The summed E-state index contributed by atoms with van der Waals surface area (Å²) in [5.41, 5.74) is 1.35. The number of piperazine rings is 1. The molecule has 2 aromatic rings. The largest absolute Gasteiger partial charge is 0.459 e. The summed E-state index contributed by atoms with van der Waals surface area (Å²) in [7, 11) is 0. The van der Waals surface area contributed by atoms with Crippen molar-refractivity contribution in [2.45, 2.75) is 6.92 Å². The Hall–Kier alpha value is -2.80. The summed E-state index contributed by atoms with van der Waals surface area (Å²) in [6.45, 7) is 3.10. The van der Waals surface area contributed by atoms with Crippen molar-refractivity contribution < 1.29 is 18.8 Å². The molecule has 0 bridgehead atoms. The van der Waals surface area contributed by atoms with Crippen LogP contribution in [0, 0.1) is 6.92 Å². The summed E-state index contributed by atoms with van der Waals surface area (Å²) in [6.07, 6.45) is 1.44. The van der Waals surface area contributed by atoms with Crippen LogP contribution in [-0.4, -0.2) is 53.7 Å². The molecule has 0 radical (unpaired) electrons. The normalized spacial score (nSPS) is 14.2. The highest BCUT2D eigenvalue weighted by Crippen LogP contribution is 2.20. The minimum Gasteiger partial charge on any atom is -0.459 e. The van der Waals surface area contributed by atoms with Gasteiger partial charge in [0.15, 0.2) is 5.76 Å². The maximum atomic E-state index is 12.3. The number of anilines is 1. The zero-order valence-corrected chi connectivity index (χ0v) is 15.0. The Balaban J connectivity index is 1.55. The number of hydrogen-bond acceptors (Lipinski definition) is 4. The van der Waals surface area contributed by atoms with Crippen LogP contribution in [0.3, 0.4) is 0 Å². The second-order valence-electron chi connectivity index (χ2n) is 5.98. The van der Waals surface area contributed by atoms with Crippen LogP contribution in [-0.2, 0) is 9.59 Å². The standard InChI is InChI=1S/C18H18ClN3O4/c1-12-4-5-13(11-14(12)19)20-16(23)18(25)22-8-6-21(7-9-22)17(24)15-3-2-10-26-15/h2-5,10-11H,6-9H2,1H3,(H,20,23). The number of carbonyl (C=O) groups excluding carboxylic acids is 3. The fourth-order valence-corrected chi connectivity index (χ4v) is 2.85. The third kappa shape index (κ3) is 3.88. The van der Waals surface area contributed by atoms with Crippen LogP contribution in [0.2, 0.25) is 5.02 Å². The predicted octanol–water partition coefficient (Wildman–Crippen LogP) is 2.16. The fraction of sp³-hybridized carbons (Fsp3) is 0.278. The Bertz CT molecular complexity index is 827. The van der Waals surface area contributed by atoms with Gasteiger partial charge < -0.3 is 19.5 Å². The SMILES string of the molecule is Cc1ccc(NC(=O)C(=O)N2CCN(C(=O)c3ccco3)CC2)cc1Cl. The molecule has 1 N–H and O–H groups in total. The Labute approximate surface area is 155 Å². The second kappa shape index (κ2) is 7.61. The fourth-order valence-electron chi connectivity index (χ4n) is 2.67. The van der Waals surface area contributed by atoms with Crippen molar-refractivity contribution in [1.29, 1.82) is 0 Å². The van der Waals surface area contributed by atoms with Crippen LogP contribution in [0.25, 0.3) is 0 Å². The first-order valence-electron chi connectivity index (χ1n) is 8.15. The lowest BCUT2D eigenvalue weighted by Crippen LogP contribution is -2.52. The number of halogens is 1. The summed E-state index contributed by atoms with van der Waals surface area (Å²) in [4.78, 5) is 39.7. The van der Waals surface area contributed by atoms with Gasteiger partial charge in [-0.05, 0) is 36.8 Å². The van der Waals surface area contributed by atoms with Gasteiger partial charge in [0.25, 0.3) is 5.91 Å². The molecule has 0 unspecified atom stereocenters. The topological polar surface area (TPSA) is 82.9 Å². The molecule has 3 amide bonds. The van der Waals surface area contributed by atoms with Gasteiger partial charge in [-0.3, -0.25) is 14.4 Å². The van der Waals surface area contributed by atoms with Crippen LogP contribution in [0.5, 0.6) is 0 Å². The number of aryl methyl sites for hydroxylation is 1. The van der Waals surface area contributed by atoms with Crippen molar-refractivity contribution in [3.05, 3.63) is 52.9 Å². The van der Waals surface area contributed by atoms with Crippen LogP contribution in [0.1, 0.15) is 16.1 Å². The number of nitrogens with zero attached hydrogens (tertiary/aromatic N) is 2. The molecular formula is C18H18ClN3O4. The lowest BCUT2D eigenvalue weighted by atomic mass is 10.2. The van der Waals surface area contributed by atoms with Crippen molar-refractivity contribution >= 4 is 35.0 Å². The van der Waals surface area contributed by atoms with Gasteiger partial charge in [0, 0.05) is 36.9 Å². The number of rotatable bonds is 2. The van der Waals surface area contributed by atoms with Crippen LogP contribution in [0.4, 0.5) is 5.69 Å². The van der Waals surface area contributed by atoms with E-state index < -0.39 is 11.8 Å². The minimum absolute atomic E-state index is 0.221. The summed E-state index contributed by atoms with van der Waals surface area (Å²) in [5, 5.41) is 3.07. The summed E-state index contributed by atoms with van der Waals surface area (Å²) in [5.74, 6) is -1.32. The van der Waals surface area contributed by atoms with Crippen molar-refractivity contribution in [2.24, 2.45) is 0 Å². The maximum absolute atomic E-state index is 12.3. The first-order valence-corrected chi connectivity index (χ1v) is 8.52. The number of carbonyl (C=O) groups is 3. The maximum Gasteiger partial charge on any atom is 0.313 e. The van der Waals surface area contributed by atoms with E-state index in [1.54, 1.807) is 35.2 Å². The first kappa shape index (κ1) is 18.0. The molecular weight excluding hydrogens is 358 g/mol. The van der Waals surface area contributed by atoms with Gasteiger partial charge in [-0.2, -0.15) is 0 Å². The average molecular weight is 376 g/mol. The van der Waals surface area contributed by atoms with E-state index in [4.69, 9.17) is 16.0 Å². The van der Waals surface area contributed by atoms with Crippen molar-refractivity contribution in [3.63, 3.8) is 0 Å². The molecule has 1 aliphatic rings. The predicted molar refractivity (Wildman–Crippen MR) is 96.0 cm³/mol. The Kier molecular flexibility index (Phi) is 5.27. The van der Waals surface area contributed by atoms with E-state index in [1.807, 2.05) is 6.92 Å². The smallest absolute Gasteiger partial charge is 0.313 e. The molecule has 1 fully saturated rings. The van der Waals surface area contributed by atoms with E-state index in [-0.39, 0.29) is 24.8 Å². The van der Waals surface area contributed by atoms with Crippen LogP contribution >= 0.6 is 11.6 Å². The highest BCUT2D eigenvalue weighted by atomic mass is 35.5. The van der Waals surface area contributed by atoms with Gasteiger partial charge in [-0.1, -0.05) is 17.7 Å². The molecule has 136 valence electrons. The van der Waals surface area contributed by atoms with Gasteiger partial charge >= 0.3 is 11.8 Å². The molecule has 1 aromatic heterocycles. The first-order chi connectivity index (χ1) is 12.5. The summed E-state index contributed by atoms with van der Waals surface area (Å²) < 4.78 is 5.10. The molecule has 26 heavy (non-hydrogen) atoms. The highest BCUT2D eigenvalue weighted by molar-refractivity contribution is 6.39. The van der Waals surface area contributed by atoms with E-state index >= 15 is 0 Å². The zero-order valence-electron chi connectivity index (χ0n) is 14.2. The van der Waals surface area contributed by atoms with E-state index in [0.29, 0.717) is 23.8 Å². The average Bonchev–Trinajstić information content (AvgIpc) is 3.18. The summed E-state index contributed by atoms with van der Waals surface area (Å²) >= 11 is 6.02. The highest BCUT2D eigenvalue weighted by Gasteiger charge is 2.29. The lowest BCUT2D eigenvalue weighted by Gasteiger charge is -2.33. The van der Waals surface area contributed by atoms with E-state index in [9.17, 15) is 14.4 Å². The van der Waals surface area contributed by atoms with Gasteiger partial charge in [-0.15, -0.1) is 0 Å². The Morgan fingerprint density at radius 2 is 1.77 bits per heavy atom. The van der Waals surface area contributed by atoms with Gasteiger partial charge in [0.2, 0.25) is 0 Å². The molecule has 8 heteroatoms. The number of furan rings is 1. The van der Waals surface area contributed by atoms with E-state index in [2.05, 4.69) is 5.32 Å². The summed E-state index contributed by atoms with van der Waals surface area (Å²) in [6, 6.07) is 8.30. The third-order valence-corrected chi connectivity index (χ3v) is 4.62. The number of amides is 3. The zero-order chi connectivity index (χ0) is 18.7.